The van der Waals surface area contributed by atoms with Crippen LogP contribution in [0.1, 0.15) is 108 Å². The molecule has 0 amide bonds. The van der Waals surface area contributed by atoms with Gasteiger partial charge >= 0.3 is 0 Å². The molecule has 4 aromatic rings. The van der Waals surface area contributed by atoms with Crippen molar-refractivity contribution in [1.29, 1.82) is 0 Å². The number of nitrogens with zero attached hydrogens (tertiary/aromatic N) is 1. The third-order valence-corrected chi connectivity index (χ3v) is 17.8. The molecule has 5 rings (SSSR count). The number of hydrogen-bond donors (Lipinski definition) is 0. The maximum absolute atomic E-state index is 16.0. The van der Waals surface area contributed by atoms with Gasteiger partial charge in [-0.25, -0.2) is 8.78 Å². The van der Waals surface area contributed by atoms with Gasteiger partial charge in [0.1, 0.15) is 11.6 Å². The van der Waals surface area contributed by atoms with Crippen LogP contribution < -0.4 is 10.6 Å². The molecule has 1 fully saturated rings. The maximum Gasteiger partial charge on any atom is 0.132 e. The van der Waals surface area contributed by atoms with Gasteiger partial charge in [0.25, 0.3) is 0 Å². The van der Waals surface area contributed by atoms with Crippen LogP contribution in [0.15, 0.2) is 97.1 Å². The van der Waals surface area contributed by atoms with E-state index in [0.29, 0.717) is 10.6 Å². The summed E-state index contributed by atoms with van der Waals surface area (Å²) in [6.45, 7) is 21.7. The van der Waals surface area contributed by atoms with Crippen molar-refractivity contribution >= 4 is 26.1 Å². The highest BCUT2D eigenvalue weighted by Gasteiger charge is 2.56. The number of rotatable bonds is 9. The van der Waals surface area contributed by atoms with Crippen molar-refractivity contribution in [2.24, 2.45) is 0 Å². The van der Waals surface area contributed by atoms with E-state index >= 15 is 8.78 Å². The second-order valence-electron chi connectivity index (χ2n) is 14.9. The minimum absolute atomic E-state index is 0.0550. The zero-order valence-corrected chi connectivity index (χ0v) is 30.5. The minimum Gasteiger partial charge on any atom is -0.206 e. The topological polar surface area (TPSA) is 3.24 Å². The van der Waals surface area contributed by atoms with E-state index in [2.05, 4.69) is 101 Å². The van der Waals surface area contributed by atoms with Crippen LogP contribution in [0.5, 0.6) is 0 Å². The van der Waals surface area contributed by atoms with Crippen LogP contribution in [0.25, 0.3) is 0 Å². The van der Waals surface area contributed by atoms with Crippen molar-refractivity contribution in [3.63, 3.8) is 0 Å². The number of unbranched alkanes of at least 4 members (excludes halogenated alkanes) is 1. The van der Waals surface area contributed by atoms with Crippen LogP contribution in [0, 0.1) is 18.3 Å². The van der Waals surface area contributed by atoms with Gasteiger partial charge in [-0.05, 0) is 84.0 Å². The highest BCUT2D eigenvalue weighted by Crippen LogP contribution is 2.88. The van der Waals surface area contributed by atoms with E-state index in [1.54, 1.807) is 12.1 Å². The molecule has 1 nitrogen and oxygen atoms in total. The first-order valence-corrected chi connectivity index (χ1v) is 20.1. The fraction of sp³-hybridized carbons (Fsp3) is 0.390. The fourth-order valence-electron chi connectivity index (χ4n) is 6.94. The highest BCUT2D eigenvalue weighted by molar-refractivity contribution is 7.87. The Hall–Kier alpha value is -2.44. The van der Waals surface area contributed by atoms with Crippen molar-refractivity contribution in [2.75, 3.05) is 6.54 Å². The Morgan fingerprint density at radius 1 is 0.674 bits per heavy atom. The lowest BCUT2D eigenvalue weighted by atomic mass is 9.86. The molecule has 0 N–H and O–H groups in total. The quantitative estimate of drug-likeness (QED) is 0.128. The van der Waals surface area contributed by atoms with Gasteiger partial charge in [0, 0.05) is 17.2 Å². The Kier molecular flexibility index (Phi) is 10.6. The molecule has 4 aromatic carbocycles. The molecule has 2 atom stereocenters. The van der Waals surface area contributed by atoms with Gasteiger partial charge in [-0.1, -0.05) is 128 Å². The van der Waals surface area contributed by atoms with E-state index in [1.807, 2.05) is 24.3 Å². The van der Waals surface area contributed by atoms with E-state index in [4.69, 9.17) is 6.66 Å². The summed E-state index contributed by atoms with van der Waals surface area (Å²) in [4.78, 5) is 0. The van der Waals surface area contributed by atoms with E-state index in [9.17, 15) is 0 Å². The van der Waals surface area contributed by atoms with Crippen molar-refractivity contribution in [2.45, 2.75) is 96.3 Å². The molecule has 46 heavy (non-hydrogen) atoms. The Morgan fingerprint density at radius 2 is 1.07 bits per heavy atom. The van der Waals surface area contributed by atoms with Crippen LogP contribution in [0.4, 0.5) is 8.78 Å². The van der Waals surface area contributed by atoms with Crippen molar-refractivity contribution in [1.82, 2.24) is 4.44 Å². The normalized spacial score (nSPS) is 18.4. The van der Waals surface area contributed by atoms with Crippen LogP contribution in [0.2, 0.25) is 0 Å². The zero-order valence-electron chi connectivity index (χ0n) is 28.7. The van der Waals surface area contributed by atoms with Crippen LogP contribution >= 0.6 is 15.5 Å². The lowest BCUT2D eigenvalue weighted by Crippen LogP contribution is -2.33. The Labute approximate surface area is 279 Å². The molecule has 1 saturated heterocycles. The van der Waals surface area contributed by atoms with E-state index < -0.39 is 15.5 Å². The van der Waals surface area contributed by atoms with Gasteiger partial charge in [0.15, 0.2) is 0 Å². The second-order valence-corrected chi connectivity index (χ2v) is 20.8. The Bertz CT molecular complexity index is 1490. The van der Waals surface area contributed by atoms with Gasteiger partial charge in [-0.15, -0.1) is 0 Å². The molecule has 0 aliphatic carbocycles. The summed E-state index contributed by atoms with van der Waals surface area (Å²) in [6, 6.07) is 32.4. The average Bonchev–Trinajstić information content (AvgIpc) is 3.37. The first-order chi connectivity index (χ1) is 21.8. The standard InChI is InChI=1S/C41H51F2NP2/c1-9-10-29-44(45(36-17-13-11-15-34(36)42)37-18-14-12-16-35(37)43)46(8)38(30-19-23-32(24-20-30)40(2,3)4)27-28-39(46)31-21-25-33(26-22-31)41(5,6)7/h11-26,38-39H,8-10,27-29H2,1-7H3/t38-,39-/m0/s1. The fourth-order valence-corrected chi connectivity index (χ4v) is 15.9. The molecule has 5 heteroatoms. The summed E-state index contributed by atoms with van der Waals surface area (Å²) in [5.41, 5.74) is 5.69. The molecule has 1 heterocycles. The monoisotopic (exact) mass is 657 g/mol. The highest BCUT2D eigenvalue weighted by atomic mass is 31.2. The summed E-state index contributed by atoms with van der Waals surface area (Å²) in [7, 11) is -3.92. The molecule has 1 aliphatic heterocycles. The van der Waals surface area contributed by atoms with Gasteiger partial charge in [-0.2, -0.15) is 11.1 Å². The lowest BCUT2D eigenvalue weighted by Gasteiger charge is -2.49. The van der Waals surface area contributed by atoms with Gasteiger partial charge in [0.05, 0.1) is 19.4 Å². The average molecular weight is 658 g/mol. The Balaban J connectivity index is 1.75. The summed E-state index contributed by atoms with van der Waals surface area (Å²) in [6.07, 6.45) is 3.92. The Morgan fingerprint density at radius 3 is 1.41 bits per heavy atom. The van der Waals surface area contributed by atoms with E-state index in [-0.39, 0.29) is 33.8 Å². The molecule has 0 bridgehead atoms. The van der Waals surface area contributed by atoms with Crippen molar-refractivity contribution in [3.05, 3.63) is 138 Å². The molecule has 0 spiro atoms. The first-order valence-electron chi connectivity index (χ1n) is 16.8. The molecule has 0 aromatic heterocycles. The number of halogens is 2. The molecule has 0 unspecified atom stereocenters. The SMILES string of the molecule is [CH2-][P+]1(N(CCCC)P(c2ccccc2F)c2ccccc2F)[C@H](c2ccc(C(C)(C)C)cc2)CC[C@H]1c1ccc(C(C)(C)C)cc1. The van der Waals surface area contributed by atoms with Crippen LogP contribution in [0.3, 0.4) is 0 Å². The summed E-state index contributed by atoms with van der Waals surface area (Å²) in [5, 5.41) is 1.16. The van der Waals surface area contributed by atoms with Crippen molar-refractivity contribution in [3.8, 4) is 0 Å². The van der Waals surface area contributed by atoms with Crippen molar-refractivity contribution < 1.29 is 8.78 Å². The predicted octanol–water partition coefficient (Wildman–Crippen LogP) is 12.0. The summed E-state index contributed by atoms with van der Waals surface area (Å²) < 4.78 is 34.5. The number of benzene rings is 4. The summed E-state index contributed by atoms with van der Waals surface area (Å²) >= 11 is 0. The second kappa shape index (κ2) is 14.0. The molecular formula is C41H51F2NP2. The third-order valence-electron chi connectivity index (χ3n) is 9.65. The zero-order chi connectivity index (χ0) is 33.3. The smallest absolute Gasteiger partial charge is 0.132 e. The van der Waals surface area contributed by atoms with E-state index in [0.717, 1.165) is 32.2 Å². The third kappa shape index (κ3) is 7.04. The van der Waals surface area contributed by atoms with Crippen LogP contribution in [-0.4, -0.2) is 11.0 Å². The lowest BCUT2D eigenvalue weighted by molar-refractivity contribution is 0.589. The molecular weight excluding hydrogens is 606 g/mol. The van der Waals surface area contributed by atoms with E-state index in [1.165, 1.54) is 34.4 Å². The van der Waals surface area contributed by atoms with Gasteiger partial charge in [-0.3, -0.25) is 0 Å². The minimum atomic E-state index is -2.38. The largest absolute Gasteiger partial charge is 0.206 e. The predicted molar refractivity (Wildman–Crippen MR) is 198 cm³/mol. The van der Waals surface area contributed by atoms with Gasteiger partial charge < -0.3 is 0 Å². The molecule has 244 valence electrons. The number of hydrogen-bond acceptors (Lipinski definition) is 1. The molecule has 1 aliphatic rings. The van der Waals surface area contributed by atoms with Gasteiger partial charge in [0.2, 0.25) is 0 Å². The molecule has 0 radical (unpaired) electrons. The molecule has 0 saturated carbocycles. The summed E-state index contributed by atoms with van der Waals surface area (Å²) in [5.74, 6) is -0.553. The maximum atomic E-state index is 16.0. The van der Waals surface area contributed by atoms with Crippen LogP contribution in [-0.2, 0) is 10.8 Å². The first kappa shape index (κ1) is 34.9.